The average molecular weight is 205 g/mol. The molecule has 0 spiro atoms. The number of epoxide rings is 1. The summed E-state index contributed by atoms with van der Waals surface area (Å²) in [5.41, 5.74) is 0.481. The highest BCUT2D eigenvalue weighted by molar-refractivity contribution is 5.52. The molecule has 4 nitrogen and oxygen atoms in total. The lowest BCUT2D eigenvalue weighted by atomic mass is 10.2. The topological polar surface area (TPSA) is 54.8 Å². The fourth-order valence-electron chi connectivity index (χ4n) is 1.25. The Kier molecular flexibility index (Phi) is 2.75. The Bertz CT molecular complexity index is 393. The quantitative estimate of drug-likeness (QED) is 0.696. The van der Waals surface area contributed by atoms with Crippen LogP contribution in [-0.2, 0) is 4.74 Å². The Labute approximate surface area is 88.0 Å². The number of benzene rings is 1. The molecule has 1 saturated heterocycles. The van der Waals surface area contributed by atoms with Gasteiger partial charge in [0.1, 0.15) is 18.8 Å². The van der Waals surface area contributed by atoms with Gasteiger partial charge in [0.25, 0.3) is 0 Å². The molecular formula is C11H11NO3. The summed E-state index contributed by atoms with van der Waals surface area (Å²) in [4.78, 5) is 0. The second-order valence-electron chi connectivity index (χ2n) is 3.22. The van der Waals surface area contributed by atoms with Crippen LogP contribution < -0.4 is 9.47 Å². The van der Waals surface area contributed by atoms with Crippen LogP contribution in [0.2, 0.25) is 0 Å². The molecule has 0 N–H and O–H groups in total. The molecule has 1 heterocycles. The molecule has 0 saturated carbocycles. The smallest absolute Gasteiger partial charge is 0.179 e. The molecule has 4 heteroatoms. The Balaban J connectivity index is 2.19. The van der Waals surface area contributed by atoms with Crippen molar-refractivity contribution in [1.82, 2.24) is 0 Å². The highest BCUT2D eigenvalue weighted by Gasteiger charge is 2.24. The molecule has 1 aromatic rings. The molecule has 0 bridgehead atoms. The van der Waals surface area contributed by atoms with Crippen LogP contribution in [0.25, 0.3) is 0 Å². The maximum atomic E-state index is 8.90. The number of rotatable bonds is 4. The Morgan fingerprint density at radius 3 is 3.00 bits per heavy atom. The second-order valence-corrected chi connectivity index (χ2v) is 3.22. The van der Waals surface area contributed by atoms with Crippen molar-refractivity contribution < 1.29 is 14.2 Å². The van der Waals surface area contributed by atoms with Crippen molar-refractivity contribution in [1.29, 1.82) is 5.26 Å². The molecule has 2 rings (SSSR count). The van der Waals surface area contributed by atoms with Gasteiger partial charge >= 0.3 is 0 Å². The van der Waals surface area contributed by atoms with Gasteiger partial charge in [-0.2, -0.15) is 5.26 Å². The van der Waals surface area contributed by atoms with Gasteiger partial charge in [-0.15, -0.1) is 0 Å². The van der Waals surface area contributed by atoms with Gasteiger partial charge in [-0.1, -0.05) is 6.07 Å². The van der Waals surface area contributed by atoms with Crippen molar-refractivity contribution in [3.05, 3.63) is 23.8 Å². The van der Waals surface area contributed by atoms with E-state index >= 15 is 0 Å². The number of methoxy groups -OCH3 is 1. The van der Waals surface area contributed by atoms with Gasteiger partial charge in [0, 0.05) is 0 Å². The predicted molar refractivity (Wildman–Crippen MR) is 52.9 cm³/mol. The molecule has 1 aliphatic heterocycles. The minimum atomic E-state index is 0.168. The third-order valence-corrected chi connectivity index (χ3v) is 2.14. The van der Waals surface area contributed by atoms with E-state index in [-0.39, 0.29) is 6.10 Å². The molecule has 1 unspecified atom stereocenters. The van der Waals surface area contributed by atoms with Crippen LogP contribution in [0.1, 0.15) is 5.56 Å². The van der Waals surface area contributed by atoms with Crippen LogP contribution in [0, 0.1) is 11.3 Å². The van der Waals surface area contributed by atoms with E-state index in [2.05, 4.69) is 6.07 Å². The number of ether oxygens (including phenoxy) is 3. The van der Waals surface area contributed by atoms with Gasteiger partial charge in [0.05, 0.1) is 19.3 Å². The minimum Gasteiger partial charge on any atom is -0.493 e. The Morgan fingerprint density at radius 2 is 2.40 bits per heavy atom. The monoisotopic (exact) mass is 205 g/mol. The molecule has 1 atom stereocenters. The Morgan fingerprint density at radius 1 is 1.60 bits per heavy atom. The lowest BCUT2D eigenvalue weighted by molar-refractivity contribution is 0.251. The summed E-state index contributed by atoms with van der Waals surface area (Å²) in [6, 6.07) is 7.30. The zero-order valence-electron chi connectivity index (χ0n) is 8.40. The van der Waals surface area contributed by atoms with E-state index in [1.165, 1.54) is 0 Å². The first-order valence-corrected chi connectivity index (χ1v) is 4.66. The normalized spacial score (nSPS) is 18.0. The summed E-state index contributed by atoms with van der Waals surface area (Å²) in [5.74, 6) is 1.08. The zero-order chi connectivity index (χ0) is 10.7. The van der Waals surface area contributed by atoms with Crippen LogP contribution >= 0.6 is 0 Å². The van der Waals surface area contributed by atoms with Crippen LogP contribution in [0.4, 0.5) is 0 Å². The average Bonchev–Trinajstić information content (AvgIpc) is 3.09. The van der Waals surface area contributed by atoms with Gasteiger partial charge in [-0.3, -0.25) is 0 Å². The summed E-state index contributed by atoms with van der Waals surface area (Å²) in [6.45, 7) is 1.20. The predicted octanol–water partition coefficient (Wildman–Crippen LogP) is 1.34. The van der Waals surface area contributed by atoms with Crippen molar-refractivity contribution in [2.75, 3.05) is 20.3 Å². The molecule has 78 valence electrons. The third kappa shape index (κ3) is 2.20. The highest BCUT2D eigenvalue weighted by atomic mass is 16.6. The van der Waals surface area contributed by atoms with Crippen LogP contribution in [-0.4, -0.2) is 26.4 Å². The van der Waals surface area contributed by atoms with Crippen LogP contribution in [0.15, 0.2) is 18.2 Å². The van der Waals surface area contributed by atoms with E-state index in [0.29, 0.717) is 23.7 Å². The van der Waals surface area contributed by atoms with Crippen molar-refractivity contribution in [2.45, 2.75) is 6.10 Å². The molecule has 1 aromatic carbocycles. The van der Waals surface area contributed by atoms with Crippen LogP contribution in [0.5, 0.6) is 11.5 Å². The molecule has 0 aromatic heterocycles. The number of nitriles is 1. The lowest BCUT2D eigenvalue weighted by Gasteiger charge is -2.10. The van der Waals surface area contributed by atoms with Gasteiger partial charge in [0.2, 0.25) is 0 Å². The molecular weight excluding hydrogens is 194 g/mol. The molecule has 15 heavy (non-hydrogen) atoms. The molecule has 1 fully saturated rings. The standard InChI is InChI=1S/C11H11NO3/c1-13-10-4-2-3-8(5-12)11(10)15-7-9-6-14-9/h2-4,9H,6-7H2,1H3. The van der Waals surface area contributed by atoms with Gasteiger partial charge in [-0.25, -0.2) is 0 Å². The van der Waals surface area contributed by atoms with E-state index < -0.39 is 0 Å². The first kappa shape index (κ1) is 9.81. The summed E-state index contributed by atoms with van der Waals surface area (Å²) < 4.78 is 15.7. The maximum absolute atomic E-state index is 8.90. The second kappa shape index (κ2) is 4.20. The van der Waals surface area contributed by atoms with Gasteiger partial charge in [-0.05, 0) is 12.1 Å². The molecule has 1 aliphatic rings. The third-order valence-electron chi connectivity index (χ3n) is 2.14. The van der Waals surface area contributed by atoms with Crippen molar-refractivity contribution in [3.63, 3.8) is 0 Å². The van der Waals surface area contributed by atoms with Crippen molar-refractivity contribution in [3.8, 4) is 17.6 Å². The summed E-state index contributed by atoms with van der Waals surface area (Å²) in [6.07, 6.45) is 0.168. The first-order valence-electron chi connectivity index (χ1n) is 4.66. The van der Waals surface area contributed by atoms with Crippen LogP contribution in [0.3, 0.4) is 0 Å². The van der Waals surface area contributed by atoms with E-state index in [1.807, 2.05) is 0 Å². The number of hydrogen-bond acceptors (Lipinski definition) is 4. The Hall–Kier alpha value is -1.73. The number of hydrogen-bond donors (Lipinski definition) is 0. The largest absolute Gasteiger partial charge is 0.493 e. The zero-order valence-corrected chi connectivity index (χ0v) is 8.40. The summed E-state index contributed by atoms with van der Waals surface area (Å²) in [5, 5.41) is 8.90. The molecule has 0 aliphatic carbocycles. The van der Waals surface area contributed by atoms with E-state index in [1.54, 1.807) is 25.3 Å². The highest BCUT2D eigenvalue weighted by Crippen LogP contribution is 2.31. The summed E-state index contributed by atoms with van der Waals surface area (Å²) >= 11 is 0. The van der Waals surface area contributed by atoms with Crippen molar-refractivity contribution >= 4 is 0 Å². The molecule has 0 amide bonds. The maximum Gasteiger partial charge on any atom is 0.179 e. The van der Waals surface area contributed by atoms with E-state index in [4.69, 9.17) is 19.5 Å². The van der Waals surface area contributed by atoms with Gasteiger partial charge < -0.3 is 14.2 Å². The number of para-hydroxylation sites is 1. The van der Waals surface area contributed by atoms with Crippen molar-refractivity contribution in [2.24, 2.45) is 0 Å². The van der Waals surface area contributed by atoms with Gasteiger partial charge in [0.15, 0.2) is 11.5 Å². The van der Waals surface area contributed by atoms with E-state index in [9.17, 15) is 0 Å². The SMILES string of the molecule is COc1cccc(C#N)c1OCC1CO1. The first-order chi connectivity index (χ1) is 7.35. The summed E-state index contributed by atoms with van der Waals surface area (Å²) in [7, 11) is 1.55. The number of nitrogens with zero attached hydrogens (tertiary/aromatic N) is 1. The fourth-order valence-corrected chi connectivity index (χ4v) is 1.25. The molecule has 0 radical (unpaired) electrons. The fraction of sp³-hybridized carbons (Fsp3) is 0.364. The lowest BCUT2D eigenvalue weighted by Crippen LogP contribution is -2.06. The minimum absolute atomic E-state index is 0.168. The van der Waals surface area contributed by atoms with E-state index in [0.717, 1.165) is 6.61 Å².